The van der Waals surface area contributed by atoms with Crippen LogP contribution in [0.1, 0.15) is 24.7 Å². The zero-order chi connectivity index (χ0) is 13.8. The molecule has 100 valence electrons. The molecule has 0 saturated heterocycles. The van der Waals surface area contributed by atoms with Gasteiger partial charge >= 0.3 is 5.97 Å². The molecule has 0 radical (unpaired) electrons. The Morgan fingerprint density at radius 3 is 2.53 bits per heavy atom. The topological polar surface area (TPSA) is 70.7 Å². The smallest absolute Gasteiger partial charge is 0.303 e. The highest BCUT2D eigenvalue weighted by molar-refractivity contribution is 6.30. The molecule has 1 aromatic carbocycles. The van der Waals surface area contributed by atoms with E-state index >= 15 is 0 Å². The summed E-state index contributed by atoms with van der Waals surface area (Å²) < 4.78 is 5.52. The van der Waals surface area contributed by atoms with Crippen LogP contribution in [0.3, 0.4) is 0 Å². The van der Waals surface area contributed by atoms with Gasteiger partial charge in [0.05, 0.1) is 0 Å². The Labute approximate surface area is 115 Å². The number of carbonyl (C=O) groups is 1. The Morgan fingerprint density at radius 1 is 1.21 bits per heavy atom. The molecule has 1 atom stereocenters. The van der Waals surface area contributed by atoms with Gasteiger partial charge in [0, 0.05) is 17.0 Å². The number of aliphatic carboxylic acids is 1. The Hall–Kier alpha value is -1.78. The Bertz CT molecular complexity index is 559. The molecule has 0 aliphatic heterocycles. The molecule has 0 aliphatic rings. The van der Waals surface area contributed by atoms with Crippen molar-refractivity contribution in [3.8, 4) is 11.3 Å². The van der Waals surface area contributed by atoms with E-state index in [1.165, 1.54) is 0 Å². The third-order valence-electron chi connectivity index (χ3n) is 2.72. The average Bonchev–Trinajstić information content (AvgIpc) is 2.86. The van der Waals surface area contributed by atoms with Crippen molar-refractivity contribution in [3.63, 3.8) is 0 Å². The van der Waals surface area contributed by atoms with Gasteiger partial charge in [0.2, 0.25) is 0 Å². The molecule has 0 spiro atoms. The van der Waals surface area contributed by atoms with Gasteiger partial charge in [-0.15, -0.1) is 0 Å². The maximum Gasteiger partial charge on any atom is 0.303 e. The molecule has 0 amide bonds. The zero-order valence-corrected chi connectivity index (χ0v) is 10.8. The van der Waals surface area contributed by atoms with E-state index < -0.39 is 12.1 Å². The van der Waals surface area contributed by atoms with Crippen molar-refractivity contribution in [2.75, 3.05) is 0 Å². The van der Waals surface area contributed by atoms with Crippen molar-refractivity contribution in [3.05, 3.63) is 47.2 Å². The predicted molar refractivity (Wildman–Crippen MR) is 71.0 cm³/mol. The lowest BCUT2D eigenvalue weighted by molar-refractivity contribution is -0.137. The van der Waals surface area contributed by atoms with Crippen molar-refractivity contribution < 1.29 is 19.4 Å². The fraction of sp³-hybridized carbons (Fsp3) is 0.214. The van der Waals surface area contributed by atoms with E-state index in [4.69, 9.17) is 21.1 Å². The maximum atomic E-state index is 10.4. The molecule has 1 heterocycles. The Kier molecular flexibility index (Phi) is 4.24. The second-order valence-electron chi connectivity index (χ2n) is 4.16. The Morgan fingerprint density at radius 2 is 1.89 bits per heavy atom. The molecule has 5 heteroatoms. The van der Waals surface area contributed by atoms with Crippen LogP contribution in [0.25, 0.3) is 11.3 Å². The SMILES string of the molecule is O=C(O)CCC(O)c1ccc(-c2ccc(Cl)cc2)o1. The number of hydrogen-bond acceptors (Lipinski definition) is 3. The number of hydrogen-bond donors (Lipinski definition) is 2. The van der Waals surface area contributed by atoms with Gasteiger partial charge in [-0.05, 0) is 42.8 Å². The number of halogens is 1. The van der Waals surface area contributed by atoms with Crippen molar-refractivity contribution in [1.82, 2.24) is 0 Å². The molecular formula is C14H13ClO4. The van der Waals surface area contributed by atoms with Crippen LogP contribution in [0.4, 0.5) is 0 Å². The highest BCUT2D eigenvalue weighted by Crippen LogP contribution is 2.28. The number of benzene rings is 1. The minimum atomic E-state index is -0.941. The largest absolute Gasteiger partial charge is 0.481 e. The lowest BCUT2D eigenvalue weighted by atomic mass is 10.1. The van der Waals surface area contributed by atoms with Crippen LogP contribution in [-0.2, 0) is 4.79 Å². The summed E-state index contributed by atoms with van der Waals surface area (Å²) in [6.45, 7) is 0. The first-order chi connectivity index (χ1) is 9.06. The zero-order valence-electron chi connectivity index (χ0n) is 10.0. The lowest BCUT2D eigenvalue weighted by Gasteiger charge is -2.05. The molecule has 0 aliphatic carbocycles. The third-order valence-corrected chi connectivity index (χ3v) is 2.97. The van der Waals surface area contributed by atoms with Crippen LogP contribution in [0, 0.1) is 0 Å². The predicted octanol–water partition coefficient (Wildman–Crippen LogP) is 3.50. The van der Waals surface area contributed by atoms with Crippen molar-refractivity contribution in [2.45, 2.75) is 18.9 Å². The van der Waals surface area contributed by atoms with E-state index in [9.17, 15) is 9.90 Å². The highest BCUT2D eigenvalue weighted by atomic mass is 35.5. The van der Waals surface area contributed by atoms with Crippen molar-refractivity contribution >= 4 is 17.6 Å². The molecule has 2 rings (SSSR count). The van der Waals surface area contributed by atoms with E-state index in [1.54, 1.807) is 24.3 Å². The fourth-order valence-electron chi connectivity index (χ4n) is 1.70. The number of carboxylic acids is 1. The van der Waals surface area contributed by atoms with E-state index in [1.807, 2.05) is 12.1 Å². The summed E-state index contributed by atoms with van der Waals surface area (Å²) >= 11 is 5.80. The molecule has 1 unspecified atom stereocenters. The number of furan rings is 1. The quantitative estimate of drug-likeness (QED) is 0.879. The number of aliphatic hydroxyl groups is 1. The van der Waals surface area contributed by atoms with Crippen LogP contribution >= 0.6 is 11.6 Å². The summed E-state index contributed by atoms with van der Waals surface area (Å²) in [7, 11) is 0. The van der Waals surface area contributed by atoms with E-state index in [-0.39, 0.29) is 12.8 Å². The lowest BCUT2D eigenvalue weighted by Crippen LogP contribution is -2.01. The van der Waals surface area contributed by atoms with Gasteiger partial charge in [-0.2, -0.15) is 0 Å². The summed E-state index contributed by atoms with van der Waals surface area (Å²) in [5.74, 6) is 0.0378. The van der Waals surface area contributed by atoms with Crippen LogP contribution in [0.5, 0.6) is 0 Å². The first-order valence-corrected chi connectivity index (χ1v) is 6.19. The summed E-state index contributed by atoms with van der Waals surface area (Å²) in [5, 5.41) is 19.0. The van der Waals surface area contributed by atoms with Gasteiger partial charge < -0.3 is 14.6 Å². The minimum absolute atomic E-state index is 0.0991. The van der Waals surface area contributed by atoms with E-state index in [0.717, 1.165) is 5.56 Å². The van der Waals surface area contributed by atoms with Gasteiger partial charge in [-0.3, -0.25) is 4.79 Å². The van der Waals surface area contributed by atoms with Gasteiger partial charge in [0.25, 0.3) is 0 Å². The molecule has 2 aromatic rings. The maximum absolute atomic E-state index is 10.4. The summed E-state index contributed by atoms with van der Waals surface area (Å²) in [6.07, 6.45) is -0.877. The summed E-state index contributed by atoms with van der Waals surface area (Å²) in [5.41, 5.74) is 0.848. The first kappa shape index (κ1) is 13.6. The normalized spacial score (nSPS) is 12.3. The van der Waals surface area contributed by atoms with Gasteiger partial charge in [-0.25, -0.2) is 0 Å². The van der Waals surface area contributed by atoms with Crippen LogP contribution in [0.15, 0.2) is 40.8 Å². The van der Waals surface area contributed by atoms with E-state index in [0.29, 0.717) is 16.5 Å². The molecular weight excluding hydrogens is 268 g/mol. The molecule has 4 nitrogen and oxygen atoms in total. The monoisotopic (exact) mass is 280 g/mol. The van der Waals surface area contributed by atoms with Crippen molar-refractivity contribution in [2.24, 2.45) is 0 Å². The molecule has 0 fully saturated rings. The highest BCUT2D eigenvalue weighted by Gasteiger charge is 2.14. The van der Waals surface area contributed by atoms with E-state index in [2.05, 4.69) is 0 Å². The number of rotatable bonds is 5. The minimum Gasteiger partial charge on any atom is -0.481 e. The first-order valence-electron chi connectivity index (χ1n) is 5.82. The molecule has 1 aromatic heterocycles. The van der Waals surface area contributed by atoms with Gasteiger partial charge in [-0.1, -0.05) is 11.6 Å². The molecule has 2 N–H and O–H groups in total. The second-order valence-corrected chi connectivity index (χ2v) is 4.59. The third kappa shape index (κ3) is 3.59. The van der Waals surface area contributed by atoms with Gasteiger partial charge in [0.1, 0.15) is 17.6 Å². The standard InChI is InChI=1S/C14H13ClO4/c15-10-3-1-9(2-4-10)12-6-7-13(19-12)11(16)5-8-14(17)18/h1-4,6-7,11,16H,5,8H2,(H,17,18). The number of aliphatic hydroxyl groups excluding tert-OH is 1. The fourth-order valence-corrected chi connectivity index (χ4v) is 1.83. The summed E-state index contributed by atoms with van der Waals surface area (Å²) in [4.78, 5) is 10.4. The molecule has 0 saturated carbocycles. The van der Waals surface area contributed by atoms with Crippen LogP contribution < -0.4 is 0 Å². The molecule has 19 heavy (non-hydrogen) atoms. The molecule has 0 bridgehead atoms. The Balaban J connectivity index is 2.10. The summed E-state index contributed by atoms with van der Waals surface area (Å²) in [6, 6.07) is 10.5. The second kappa shape index (κ2) is 5.91. The van der Waals surface area contributed by atoms with Crippen LogP contribution in [0.2, 0.25) is 5.02 Å². The average molecular weight is 281 g/mol. The van der Waals surface area contributed by atoms with Gasteiger partial charge in [0.15, 0.2) is 0 Å². The van der Waals surface area contributed by atoms with Crippen LogP contribution in [-0.4, -0.2) is 16.2 Å². The van der Waals surface area contributed by atoms with Crippen molar-refractivity contribution in [1.29, 1.82) is 0 Å². The number of carboxylic acid groups (broad SMARTS) is 1.